The minimum Gasteiger partial charge on any atom is -0.481 e. The minimum atomic E-state index is -0.862. The Hall–Kier alpha value is -1.25. The van der Waals surface area contributed by atoms with Gasteiger partial charge < -0.3 is 9.52 Å². The van der Waals surface area contributed by atoms with E-state index in [-0.39, 0.29) is 0 Å². The van der Waals surface area contributed by atoms with Gasteiger partial charge >= 0.3 is 5.97 Å². The summed E-state index contributed by atoms with van der Waals surface area (Å²) in [6.07, 6.45) is 0. The first-order chi connectivity index (χ1) is 5.11. The summed E-state index contributed by atoms with van der Waals surface area (Å²) < 4.78 is 5.13. The molecule has 0 bridgehead atoms. The first-order valence-electron chi connectivity index (χ1n) is 3.40. The lowest BCUT2D eigenvalue weighted by molar-refractivity contribution is -0.138. The SMILES string of the molecule is Cc1ccc([C@H](C)C(=O)O)o1. The van der Waals surface area contributed by atoms with E-state index in [1.54, 1.807) is 26.0 Å². The predicted octanol–water partition coefficient (Wildman–Crippen LogP) is 1.78. The van der Waals surface area contributed by atoms with E-state index >= 15 is 0 Å². The van der Waals surface area contributed by atoms with E-state index in [0.29, 0.717) is 5.76 Å². The maximum absolute atomic E-state index is 10.4. The summed E-state index contributed by atoms with van der Waals surface area (Å²) in [7, 11) is 0. The van der Waals surface area contributed by atoms with Crippen LogP contribution in [0.25, 0.3) is 0 Å². The Balaban J connectivity index is 2.84. The van der Waals surface area contributed by atoms with E-state index in [9.17, 15) is 4.79 Å². The molecule has 0 saturated heterocycles. The third kappa shape index (κ3) is 1.61. The van der Waals surface area contributed by atoms with Gasteiger partial charge in [-0.25, -0.2) is 0 Å². The maximum atomic E-state index is 10.4. The largest absolute Gasteiger partial charge is 0.481 e. The second-order valence-electron chi connectivity index (χ2n) is 2.51. The molecule has 0 unspecified atom stereocenters. The zero-order valence-electron chi connectivity index (χ0n) is 6.50. The molecule has 1 aromatic rings. The number of hydrogen-bond acceptors (Lipinski definition) is 2. The Labute approximate surface area is 64.6 Å². The summed E-state index contributed by atoms with van der Waals surface area (Å²) >= 11 is 0. The van der Waals surface area contributed by atoms with Crippen LogP contribution in [0.4, 0.5) is 0 Å². The van der Waals surface area contributed by atoms with Crippen LogP contribution in [-0.4, -0.2) is 11.1 Å². The third-order valence-corrected chi connectivity index (χ3v) is 1.56. The molecule has 60 valence electrons. The van der Waals surface area contributed by atoms with Crippen LogP contribution in [0.5, 0.6) is 0 Å². The molecule has 1 N–H and O–H groups in total. The van der Waals surface area contributed by atoms with Gasteiger partial charge in [0.15, 0.2) is 0 Å². The van der Waals surface area contributed by atoms with Gasteiger partial charge in [0.2, 0.25) is 0 Å². The standard InChI is InChI=1S/C8H10O3/c1-5-3-4-7(11-5)6(2)8(9)10/h3-4,6H,1-2H3,(H,9,10)/t6-/m0/s1. The topological polar surface area (TPSA) is 50.4 Å². The second kappa shape index (κ2) is 2.78. The quantitative estimate of drug-likeness (QED) is 0.706. The van der Waals surface area contributed by atoms with Crippen molar-refractivity contribution in [2.45, 2.75) is 19.8 Å². The number of furan rings is 1. The fourth-order valence-corrected chi connectivity index (χ4v) is 0.808. The van der Waals surface area contributed by atoms with Crippen molar-refractivity contribution in [2.75, 3.05) is 0 Å². The van der Waals surface area contributed by atoms with Crippen LogP contribution in [0.3, 0.4) is 0 Å². The molecule has 1 atom stereocenters. The molecule has 0 amide bonds. The molecule has 0 aliphatic heterocycles. The van der Waals surface area contributed by atoms with E-state index in [4.69, 9.17) is 9.52 Å². The highest BCUT2D eigenvalue weighted by atomic mass is 16.4. The van der Waals surface area contributed by atoms with Gasteiger partial charge in [-0.3, -0.25) is 4.79 Å². The Morgan fingerprint density at radius 2 is 2.27 bits per heavy atom. The Morgan fingerprint density at radius 3 is 2.64 bits per heavy atom. The molecule has 3 nitrogen and oxygen atoms in total. The Morgan fingerprint density at radius 1 is 1.64 bits per heavy atom. The van der Waals surface area contributed by atoms with Crippen molar-refractivity contribution in [3.63, 3.8) is 0 Å². The zero-order chi connectivity index (χ0) is 8.43. The van der Waals surface area contributed by atoms with Gasteiger partial charge in [-0.1, -0.05) is 0 Å². The maximum Gasteiger partial charge on any atom is 0.313 e. The van der Waals surface area contributed by atoms with Crippen LogP contribution in [0.1, 0.15) is 24.4 Å². The van der Waals surface area contributed by atoms with Crippen LogP contribution in [0.15, 0.2) is 16.5 Å². The number of aryl methyl sites for hydroxylation is 1. The fraction of sp³-hybridized carbons (Fsp3) is 0.375. The summed E-state index contributed by atoms with van der Waals surface area (Å²) in [5.41, 5.74) is 0. The molecule has 1 aromatic heterocycles. The lowest BCUT2D eigenvalue weighted by atomic mass is 10.1. The van der Waals surface area contributed by atoms with Crippen LogP contribution < -0.4 is 0 Å². The summed E-state index contributed by atoms with van der Waals surface area (Å²) in [6, 6.07) is 3.45. The molecule has 0 saturated carbocycles. The molecule has 3 heteroatoms. The van der Waals surface area contributed by atoms with Gasteiger partial charge in [0.25, 0.3) is 0 Å². The number of hydrogen-bond donors (Lipinski definition) is 1. The van der Waals surface area contributed by atoms with Crippen LogP contribution >= 0.6 is 0 Å². The van der Waals surface area contributed by atoms with E-state index in [2.05, 4.69) is 0 Å². The second-order valence-corrected chi connectivity index (χ2v) is 2.51. The average Bonchev–Trinajstić information content (AvgIpc) is 2.34. The molecule has 0 aromatic carbocycles. The van der Waals surface area contributed by atoms with E-state index in [1.807, 2.05) is 0 Å². The molecule has 0 aliphatic carbocycles. The number of carboxylic acid groups (broad SMARTS) is 1. The smallest absolute Gasteiger partial charge is 0.313 e. The van der Waals surface area contributed by atoms with Gasteiger partial charge in [0.05, 0.1) is 0 Å². The Kier molecular flexibility index (Phi) is 1.98. The normalized spacial score (nSPS) is 12.9. The monoisotopic (exact) mass is 154 g/mol. The summed E-state index contributed by atoms with van der Waals surface area (Å²) in [5, 5.41) is 8.58. The van der Waals surface area contributed by atoms with Crippen molar-refractivity contribution >= 4 is 5.97 Å². The van der Waals surface area contributed by atoms with Crippen molar-refractivity contribution in [1.29, 1.82) is 0 Å². The van der Waals surface area contributed by atoms with E-state index in [0.717, 1.165) is 5.76 Å². The van der Waals surface area contributed by atoms with Crippen molar-refractivity contribution in [2.24, 2.45) is 0 Å². The molecule has 11 heavy (non-hydrogen) atoms. The summed E-state index contributed by atoms with van der Waals surface area (Å²) in [4.78, 5) is 10.4. The fourth-order valence-electron chi connectivity index (χ4n) is 0.808. The minimum absolute atomic E-state index is 0.509. The molecule has 1 heterocycles. The third-order valence-electron chi connectivity index (χ3n) is 1.56. The van der Waals surface area contributed by atoms with Crippen molar-refractivity contribution < 1.29 is 14.3 Å². The van der Waals surface area contributed by atoms with E-state index in [1.165, 1.54) is 0 Å². The number of carbonyl (C=O) groups is 1. The Bertz CT molecular complexity index is 262. The predicted molar refractivity (Wildman–Crippen MR) is 39.5 cm³/mol. The molecule has 1 rings (SSSR count). The number of aliphatic carboxylic acids is 1. The van der Waals surface area contributed by atoms with Gasteiger partial charge in [0, 0.05) is 0 Å². The summed E-state index contributed by atoms with van der Waals surface area (Å²) in [5.74, 6) is -0.161. The number of carboxylic acids is 1. The first kappa shape index (κ1) is 7.85. The van der Waals surface area contributed by atoms with Crippen molar-refractivity contribution in [1.82, 2.24) is 0 Å². The highest BCUT2D eigenvalue weighted by Gasteiger charge is 2.16. The molecule has 0 aliphatic rings. The van der Waals surface area contributed by atoms with Crippen LogP contribution in [-0.2, 0) is 4.79 Å². The van der Waals surface area contributed by atoms with Crippen molar-refractivity contribution in [3.05, 3.63) is 23.7 Å². The molecule has 0 fully saturated rings. The van der Waals surface area contributed by atoms with Gasteiger partial charge in [-0.15, -0.1) is 0 Å². The highest BCUT2D eigenvalue weighted by molar-refractivity contribution is 5.74. The van der Waals surface area contributed by atoms with Gasteiger partial charge in [-0.05, 0) is 26.0 Å². The zero-order valence-corrected chi connectivity index (χ0v) is 6.50. The summed E-state index contributed by atoms with van der Waals surface area (Å²) in [6.45, 7) is 3.39. The highest BCUT2D eigenvalue weighted by Crippen LogP contribution is 2.17. The lowest BCUT2D eigenvalue weighted by Crippen LogP contribution is -2.05. The number of rotatable bonds is 2. The molecular weight excluding hydrogens is 144 g/mol. The van der Waals surface area contributed by atoms with Gasteiger partial charge in [0.1, 0.15) is 17.4 Å². The van der Waals surface area contributed by atoms with E-state index < -0.39 is 11.9 Å². The van der Waals surface area contributed by atoms with Crippen molar-refractivity contribution in [3.8, 4) is 0 Å². The molecule has 0 spiro atoms. The molecule has 0 radical (unpaired) electrons. The average molecular weight is 154 g/mol. The van der Waals surface area contributed by atoms with Crippen LogP contribution in [0, 0.1) is 6.92 Å². The van der Waals surface area contributed by atoms with Gasteiger partial charge in [-0.2, -0.15) is 0 Å². The lowest BCUT2D eigenvalue weighted by Gasteiger charge is -1.99. The van der Waals surface area contributed by atoms with Crippen LogP contribution in [0.2, 0.25) is 0 Å². The molecular formula is C8H10O3. The first-order valence-corrected chi connectivity index (χ1v) is 3.40.